The van der Waals surface area contributed by atoms with Crippen LogP contribution in [-0.2, 0) is 19.4 Å². The predicted molar refractivity (Wildman–Crippen MR) is 110 cm³/mol. The molecule has 154 valence electrons. The quantitative estimate of drug-likeness (QED) is 0.527. The van der Waals surface area contributed by atoms with Gasteiger partial charge in [-0.15, -0.1) is 0 Å². The largest absolute Gasteiger partial charge is 0.342 e. The highest BCUT2D eigenvalue weighted by Crippen LogP contribution is 2.40. The molecule has 1 atom stereocenters. The number of nitriles is 1. The molecule has 8 nitrogen and oxygen atoms in total. The zero-order valence-electron chi connectivity index (χ0n) is 16.8. The van der Waals surface area contributed by atoms with E-state index in [0.29, 0.717) is 12.2 Å². The third kappa shape index (κ3) is 3.98. The molecule has 29 heavy (non-hydrogen) atoms. The SMILES string of the molecule is CN1C(=C(C#N)C(=O)CCC(=O)N(C)C2CCS(=O)(=O)C2)N(C)c2ccccc21. The number of fused-ring (bicyclic) bond motifs is 1. The van der Waals surface area contributed by atoms with Gasteiger partial charge in [-0.2, -0.15) is 5.26 Å². The van der Waals surface area contributed by atoms with E-state index in [2.05, 4.69) is 0 Å². The van der Waals surface area contributed by atoms with Crippen molar-refractivity contribution < 1.29 is 18.0 Å². The number of carbonyl (C=O) groups excluding carboxylic acids is 2. The molecule has 0 bridgehead atoms. The number of para-hydroxylation sites is 2. The van der Waals surface area contributed by atoms with Crippen molar-refractivity contribution in [3.63, 3.8) is 0 Å². The second kappa shape index (κ2) is 7.87. The van der Waals surface area contributed by atoms with E-state index >= 15 is 0 Å². The second-order valence-corrected chi connectivity index (χ2v) is 9.63. The number of Topliss-reactive ketones (excluding diaryl/α,β-unsaturated/α-hetero) is 1. The predicted octanol–water partition coefficient (Wildman–Crippen LogP) is 1.30. The van der Waals surface area contributed by atoms with Crippen molar-refractivity contribution in [2.75, 3.05) is 42.4 Å². The molecule has 2 heterocycles. The van der Waals surface area contributed by atoms with Crippen LogP contribution in [0.3, 0.4) is 0 Å². The minimum Gasteiger partial charge on any atom is -0.342 e. The van der Waals surface area contributed by atoms with Crippen LogP contribution < -0.4 is 9.80 Å². The van der Waals surface area contributed by atoms with Crippen molar-refractivity contribution >= 4 is 32.9 Å². The highest BCUT2D eigenvalue weighted by molar-refractivity contribution is 7.91. The number of rotatable bonds is 5. The van der Waals surface area contributed by atoms with Gasteiger partial charge in [-0.1, -0.05) is 12.1 Å². The van der Waals surface area contributed by atoms with Gasteiger partial charge in [0.05, 0.1) is 22.9 Å². The Morgan fingerprint density at radius 3 is 2.24 bits per heavy atom. The molecule has 0 saturated carbocycles. The average molecular weight is 417 g/mol. The first-order chi connectivity index (χ1) is 13.7. The van der Waals surface area contributed by atoms with E-state index in [1.54, 1.807) is 30.9 Å². The Kier molecular flexibility index (Phi) is 5.66. The Bertz CT molecular complexity index is 994. The lowest BCUT2D eigenvalue weighted by Crippen LogP contribution is -2.38. The molecule has 2 aliphatic heterocycles. The smallest absolute Gasteiger partial charge is 0.223 e. The molecule has 0 radical (unpaired) electrons. The van der Waals surface area contributed by atoms with Crippen LogP contribution in [0.2, 0.25) is 0 Å². The second-order valence-electron chi connectivity index (χ2n) is 7.40. The Balaban J connectivity index is 1.71. The maximum Gasteiger partial charge on any atom is 0.223 e. The molecule has 1 fully saturated rings. The number of sulfone groups is 1. The van der Waals surface area contributed by atoms with Crippen LogP contribution >= 0.6 is 0 Å². The van der Waals surface area contributed by atoms with Gasteiger partial charge in [0.25, 0.3) is 0 Å². The van der Waals surface area contributed by atoms with Crippen molar-refractivity contribution in [3.8, 4) is 6.07 Å². The number of nitrogens with zero attached hydrogens (tertiary/aromatic N) is 4. The number of benzene rings is 1. The summed E-state index contributed by atoms with van der Waals surface area (Å²) in [6.07, 6.45) is 0.248. The number of allylic oxidation sites excluding steroid dienone is 1. The lowest BCUT2D eigenvalue weighted by Gasteiger charge is -2.23. The van der Waals surface area contributed by atoms with Crippen molar-refractivity contribution in [1.82, 2.24) is 4.90 Å². The van der Waals surface area contributed by atoms with Crippen LogP contribution in [0.5, 0.6) is 0 Å². The Morgan fingerprint density at radius 1 is 1.17 bits per heavy atom. The van der Waals surface area contributed by atoms with Crippen LogP contribution in [0, 0.1) is 11.3 Å². The minimum absolute atomic E-state index is 0.00472. The molecule has 3 rings (SSSR count). The minimum atomic E-state index is -3.09. The first-order valence-corrected chi connectivity index (χ1v) is 11.2. The molecular formula is C20H24N4O4S. The topological polar surface area (TPSA) is 102 Å². The van der Waals surface area contributed by atoms with E-state index in [0.717, 1.165) is 11.4 Å². The molecule has 0 spiro atoms. The van der Waals surface area contributed by atoms with E-state index in [4.69, 9.17) is 0 Å². The van der Waals surface area contributed by atoms with Crippen molar-refractivity contribution in [2.45, 2.75) is 25.3 Å². The maximum absolute atomic E-state index is 12.8. The van der Waals surface area contributed by atoms with Gasteiger partial charge in [0.15, 0.2) is 15.6 Å². The van der Waals surface area contributed by atoms with Gasteiger partial charge in [0.2, 0.25) is 5.91 Å². The number of hydrogen-bond acceptors (Lipinski definition) is 7. The number of anilines is 2. The highest BCUT2D eigenvalue weighted by atomic mass is 32.2. The normalized spacial score (nSPS) is 19.7. The highest BCUT2D eigenvalue weighted by Gasteiger charge is 2.34. The van der Waals surface area contributed by atoms with Gasteiger partial charge < -0.3 is 14.7 Å². The van der Waals surface area contributed by atoms with Gasteiger partial charge in [-0.25, -0.2) is 8.42 Å². The van der Waals surface area contributed by atoms with Gasteiger partial charge in [-0.05, 0) is 18.6 Å². The van der Waals surface area contributed by atoms with E-state index in [9.17, 15) is 23.3 Å². The summed E-state index contributed by atoms with van der Waals surface area (Å²) in [6, 6.07) is 9.24. The Morgan fingerprint density at radius 2 is 1.76 bits per heavy atom. The molecule has 9 heteroatoms. The molecule has 0 aliphatic carbocycles. The van der Waals surface area contributed by atoms with Crippen LogP contribution in [0.15, 0.2) is 35.7 Å². The molecule has 1 aromatic rings. The van der Waals surface area contributed by atoms with Gasteiger partial charge in [0, 0.05) is 40.0 Å². The zero-order valence-corrected chi connectivity index (χ0v) is 17.6. The first-order valence-electron chi connectivity index (χ1n) is 9.36. The molecule has 2 aliphatic rings. The standard InChI is InChI=1S/C20H24N4O4S/c1-22(14-10-11-29(27,28)13-14)19(26)9-8-18(25)15(12-21)20-23(2)16-6-4-5-7-17(16)24(20)3/h4-7,14H,8-11,13H2,1-3H3. The summed E-state index contributed by atoms with van der Waals surface area (Å²) in [4.78, 5) is 30.2. The molecular weight excluding hydrogens is 392 g/mol. The molecule has 0 aromatic heterocycles. The molecule has 1 amide bonds. The molecule has 1 aromatic carbocycles. The third-order valence-electron chi connectivity index (χ3n) is 5.57. The third-order valence-corrected chi connectivity index (χ3v) is 7.32. The van der Waals surface area contributed by atoms with Gasteiger partial charge in [-0.3, -0.25) is 9.59 Å². The summed E-state index contributed by atoms with van der Waals surface area (Å²) in [5.41, 5.74) is 1.79. The summed E-state index contributed by atoms with van der Waals surface area (Å²) in [5, 5.41) is 9.63. The van der Waals surface area contributed by atoms with Crippen LogP contribution in [0.25, 0.3) is 0 Å². The number of hydrogen-bond donors (Lipinski definition) is 0. The monoisotopic (exact) mass is 416 g/mol. The Labute approximate surface area is 170 Å². The number of ketones is 1. The first kappa shape index (κ1) is 20.9. The van der Waals surface area contributed by atoms with E-state index in [1.807, 2.05) is 30.3 Å². The summed E-state index contributed by atoms with van der Waals surface area (Å²) in [6.45, 7) is 0. The average Bonchev–Trinajstić information content (AvgIpc) is 3.18. The van der Waals surface area contributed by atoms with Gasteiger partial charge in [0.1, 0.15) is 17.5 Å². The van der Waals surface area contributed by atoms with Crippen molar-refractivity contribution in [3.05, 3.63) is 35.7 Å². The lowest BCUT2D eigenvalue weighted by molar-refractivity contribution is -0.133. The van der Waals surface area contributed by atoms with Gasteiger partial charge >= 0.3 is 0 Å². The fraction of sp³-hybridized carbons (Fsp3) is 0.450. The zero-order chi connectivity index (χ0) is 21.3. The van der Waals surface area contributed by atoms with Crippen LogP contribution in [0.1, 0.15) is 19.3 Å². The number of amides is 1. The maximum atomic E-state index is 12.8. The summed E-state index contributed by atoms with van der Waals surface area (Å²) >= 11 is 0. The fourth-order valence-electron chi connectivity index (χ4n) is 3.86. The van der Waals surface area contributed by atoms with Crippen molar-refractivity contribution in [1.29, 1.82) is 5.26 Å². The Hall–Kier alpha value is -2.86. The fourth-order valence-corrected chi connectivity index (χ4v) is 5.64. The van der Waals surface area contributed by atoms with E-state index in [-0.39, 0.29) is 41.9 Å². The molecule has 1 unspecified atom stereocenters. The van der Waals surface area contributed by atoms with E-state index < -0.39 is 15.6 Å². The van der Waals surface area contributed by atoms with Crippen molar-refractivity contribution in [2.24, 2.45) is 0 Å². The van der Waals surface area contributed by atoms with E-state index in [1.165, 1.54) is 4.90 Å². The summed E-state index contributed by atoms with van der Waals surface area (Å²) in [7, 11) is 2.06. The number of carbonyl (C=O) groups is 2. The lowest BCUT2D eigenvalue weighted by atomic mass is 10.1. The van der Waals surface area contributed by atoms with Crippen LogP contribution in [0.4, 0.5) is 11.4 Å². The summed E-state index contributed by atoms with van der Waals surface area (Å²) in [5.74, 6) is -0.168. The molecule has 1 saturated heterocycles. The van der Waals surface area contributed by atoms with Crippen LogP contribution in [-0.4, -0.2) is 63.7 Å². The molecule has 0 N–H and O–H groups in total. The summed E-state index contributed by atoms with van der Waals surface area (Å²) < 4.78 is 23.2.